The number of benzene rings is 2. The van der Waals surface area contributed by atoms with Crippen molar-refractivity contribution < 1.29 is 0 Å². The largest absolute Gasteiger partial charge is 0.308 e. The highest BCUT2D eigenvalue weighted by molar-refractivity contribution is 7.16. The molecule has 0 radical (unpaired) electrons. The van der Waals surface area contributed by atoms with E-state index >= 15 is 0 Å². The van der Waals surface area contributed by atoms with Gasteiger partial charge in [0.2, 0.25) is 0 Å². The number of thiazole rings is 1. The topological polar surface area (TPSA) is 28.5 Å². The smallest absolute Gasteiger partial charge is 0.301 e. The molecule has 1 saturated heterocycles. The predicted molar refractivity (Wildman–Crippen MR) is 113 cm³/mol. The van der Waals surface area contributed by atoms with Gasteiger partial charge >= 0.3 is 4.87 Å². The van der Waals surface area contributed by atoms with Crippen LogP contribution < -0.4 is 4.87 Å². The number of aromatic nitrogens is 1. The second kappa shape index (κ2) is 8.83. The molecule has 0 atom stereocenters. The third-order valence-corrected chi connectivity index (χ3v) is 6.35. The van der Waals surface area contributed by atoms with E-state index in [9.17, 15) is 4.79 Å². The van der Waals surface area contributed by atoms with Crippen molar-refractivity contribution in [2.45, 2.75) is 25.9 Å². The van der Waals surface area contributed by atoms with Gasteiger partial charge < -0.3 is 4.90 Å². The first-order valence-corrected chi connectivity index (χ1v) is 10.7. The van der Waals surface area contributed by atoms with Crippen molar-refractivity contribution in [2.24, 2.45) is 0 Å². The fourth-order valence-corrected chi connectivity index (χ4v) is 4.76. The highest BCUT2D eigenvalue weighted by Gasteiger charge is 2.16. The van der Waals surface area contributed by atoms with Crippen molar-refractivity contribution in [3.63, 3.8) is 0 Å². The van der Waals surface area contributed by atoms with Crippen molar-refractivity contribution in [2.75, 3.05) is 32.7 Å². The summed E-state index contributed by atoms with van der Waals surface area (Å²) in [6.45, 7) is 7.60. The molecule has 1 aliphatic heterocycles. The summed E-state index contributed by atoms with van der Waals surface area (Å²) >= 11 is 1.36. The highest BCUT2D eigenvalue weighted by atomic mass is 32.1. The average molecular weight is 382 g/mol. The Balaban J connectivity index is 1.19. The van der Waals surface area contributed by atoms with Crippen LogP contribution in [0.1, 0.15) is 18.4 Å². The van der Waals surface area contributed by atoms with E-state index in [4.69, 9.17) is 0 Å². The summed E-state index contributed by atoms with van der Waals surface area (Å²) in [4.78, 5) is 17.5. The zero-order valence-corrected chi connectivity index (χ0v) is 16.5. The summed E-state index contributed by atoms with van der Waals surface area (Å²) in [6.07, 6.45) is 2.21. The number of fused-ring (bicyclic) bond motifs is 1. The summed E-state index contributed by atoms with van der Waals surface area (Å²) < 4.78 is 3.04. The van der Waals surface area contributed by atoms with E-state index in [2.05, 4.69) is 46.2 Å². The van der Waals surface area contributed by atoms with Crippen LogP contribution in [0.5, 0.6) is 0 Å². The summed E-state index contributed by atoms with van der Waals surface area (Å²) in [5, 5.41) is 0. The maximum absolute atomic E-state index is 12.2. The van der Waals surface area contributed by atoms with E-state index in [1.54, 1.807) is 0 Å². The van der Waals surface area contributed by atoms with Crippen LogP contribution in [0.3, 0.4) is 0 Å². The fourth-order valence-electron chi connectivity index (χ4n) is 3.84. The summed E-state index contributed by atoms with van der Waals surface area (Å²) in [5.74, 6) is 0. The number of aryl methyl sites for hydroxylation is 1. The second-order valence-corrected chi connectivity index (χ2v) is 8.29. The molecule has 2 aromatic carbocycles. The van der Waals surface area contributed by atoms with Crippen LogP contribution in [0.15, 0.2) is 59.4 Å². The molecule has 0 aliphatic carbocycles. The van der Waals surface area contributed by atoms with Crippen LogP contribution in [0, 0.1) is 0 Å². The highest BCUT2D eigenvalue weighted by Crippen LogP contribution is 2.17. The number of hydrogen-bond acceptors (Lipinski definition) is 4. The maximum atomic E-state index is 12.2. The summed E-state index contributed by atoms with van der Waals surface area (Å²) in [5.41, 5.74) is 2.49. The minimum atomic E-state index is 0.172. The molecule has 4 nitrogen and oxygen atoms in total. The van der Waals surface area contributed by atoms with E-state index in [1.807, 2.05) is 22.8 Å². The van der Waals surface area contributed by atoms with Gasteiger partial charge in [0.25, 0.3) is 0 Å². The van der Waals surface area contributed by atoms with E-state index in [-0.39, 0.29) is 4.87 Å². The standard InChI is InChI=1S/C22H27N3OS/c26-22-25(20-10-4-5-11-21(20)27-22)13-7-6-12-23-14-16-24(17-15-23)18-19-8-2-1-3-9-19/h1-5,8-11H,6-7,12-18H2. The minimum Gasteiger partial charge on any atom is -0.301 e. The van der Waals surface area contributed by atoms with Crippen molar-refractivity contribution in [3.8, 4) is 0 Å². The Morgan fingerprint density at radius 1 is 0.778 bits per heavy atom. The van der Waals surface area contributed by atoms with Gasteiger partial charge in [-0.2, -0.15) is 0 Å². The number of piperazine rings is 1. The first-order chi connectivity index (χ1) is 13.3. The number of nitrogens with zero attached hydrogens (tertiary/aromatic N) is 3. The van der Waals surface area contributed by atoms with Gasteiger partial charge in [-0.25, -0.2) is 0 Å². The molecular formula is C22H27N3OS. The molecule has 0 spiro atoms. The Labute approximate surface area is 164 Å². The van der Waals surface area contributed by atoms with Crippen LogP contribution in [0.2, 0.25) is 0 Å². The first kappa shape index (κ1) is 18.4. The normalized spacial score (nSPS) is 16.1. The van der Waals surface area contributed by atoms with Gasteiger partial charge in [0.15, 0.2) is 0 Å². The Kier molecular flexibility index (Phi) is 6.02. The Bertz CT molecular complexity index is 910. The lowest BCUT2D eigenvalue weighted by Crippen LogP contribution is -2.46. The van der Waals surface area contributed by atoms with Crippen molar-refractivity contribution in [1.29, 1.82) is 0 Å². The molecule has 142 valence electrons. The quantitative estimate of drug-likeness (QED) is 0.585. The lowest BCUT2D eigenvalue weighted by molar-refractivity contribution is 0.125. The molecule has 0 bridgehead atoms. The molecule has 2 heterocycles. The maximum Gasteiger partial charge on any atom is 0.308 e. The molecule has 0 amide bonds. The SMILES string of the molecule is O=c1sc2ccccc2n1CCCCN1CCN(Cc2ccccc2)CC1. The average Bonchev–Trinajstić information content (AvgIpc) is 3.02. The fraction of sp³-hybridized carbons (Fsp3) is 0.409. The third kappa shape index (κ3) is 4.67. The molecule has 1 aliphatic rings. The van der Waals surface area contributed by atoms with Gasteiger partial charge in [-0.05, 0) is 37.1 Å². The van der Waals surface area contributed by atoms with E-state index in [1.165, 1.54) is 16.9 Å². The van der Waals surface area contributed by atoms with E-state index < -0.39 is 0 Å². The zero-order valence-electron chi connectivity index (χ0n) is 15.7. The van der Waals surface area contributed by atoms with E-state index in [0.717, 1.165) is 68.9 Å². The van der Waals surface area contributed by atoms with Crippen molar-refractivity contribution in [3.05, 3.63) is 69.8 Å². The second-order valence-electron chi connectivity index (χ2n) is 7.30. The monoisotopic (exact) mass is 381 g/mol. The number of hydrogen-bond donors (Lipinski definition) is 0. The molecular weight excluding hydrogens is 354 g/mol. The molecule has 3 aromatic rings. The van der Waals surface area contributed by atoms with Crippen molar-refractivity contribution in [1.82, 2.24) is 14.4 Å². The summed E-state index contributed by atoms with van der Waals surface area (Å²) in [6, 6.07) is 18.8. The molecule has 0 N–H and O–H groups in total. The van der Waals surface area contributed by atoms with Gasteiger partial charge in [0.1, 0.15) is 0 Å². The Hall–Kier alpha value is -1.95. The molecule has 0 saturated carbocycles. The molecule has 4 rings (SSSR count). The van der Waals surface area contributed by atoms with Crippen LogP contribution in [-0.4, -0.2) is 47.1 Å². The zero-order chi connectivity index (χ0) is 18.5. The molecule has 27 heavy (non-hydrogen) atoms. The number of unbranched alkanes of at least 4 members (excludes halogenated alkanes) is 1. The van der Waals surface area contributed by atoms with Gasteiger partial charge in [0.05, 0.1) is 10.2 Å². The van der Waals surface area contributed by atoms with Crippen LogP contribution in [-0.2, 0) is 13.1 Å². The molecule has 1 fully saturated rings. The van der Waals surface area contributed by atoms with Gasteiger partial charge in [0, 0.05) is 39.3 Å². The van der Waals surface area contributed by atoms with Gasteiger partial charge in [-0.1, -0.05) is 53.8 Å². The summed E-state index contributed by atoms with van der Waals surface area (Å²) in [7, 11) is 0. The molecule has 5 heteroatoms. The lowest BCUT2D eigenvalue weighted by Gasteiger charge is -2.34. The van der Waals surface area contributed by atoms with E-state index in [0.29, 0.717) is 0 Å². The first-order valence-electron chi connectivity index (χ1n) is 9.86. The molecule has 0 unspecified atom stereocenters. The number of para-hydroxylation sites is 1. The van der Waals surface area contributed by atoms with Crippen LogP contribution >= 0.6 is 11.3 Å². The Morgan fingerprint density at radius 3 is 2.26 bits per heavy atom. The number of rotatable bonds is 7. The van der Waals surface area contributed by atoms with Gasteiger partial charge in [-0.3, -0.25) is 14.3 Å². The molecule has 1 aromatic heterocycles. The predicted octanol–water partition coefficient (Wildman–Crippen LogP) is 3.66. The minimum absolute atomic E-state index is 0.172. The third-order valence-electron chi connectivity index (χ3n) is 5.39. The Morgan fingerprint density at radius 2 is 1.44 bits per heavy atom. The van der Waals surface area contributed by atoms with Gasteiger partial charge in [-0.15, -0.1) is 0 Å². The lowest BCUT2D eigenvalue weighted by atomic mass is 10.2. The van der Waals surface area contributed by atoms with Crippen molar-refractivity contribution >= 4 is 21.6 Å². The van der Waals surface area contributed by atoms with Crippen LogP contribution in [0.25, 0.3) is 10.2 Å². The van der Waals surface area contributed by atoms with Crippen LogP contribution in [0.4, 0.5) is 0 Å².